The predicted molar refractivity (Wildman–Crippen MR) is 119 cm³/mol. The van der Waals surface area contributed by atoms with Crippen molar-refractivity contribution >= 4 is 21.6 Å². The number of methoxy groups -OCH3 is 2. The summed E-state index contributed by atoms with van der Waals surface area (Å²) in [5.41, 5.74) is 0.947. The predicted octanol–water partition coefficient (Wildman–Crippen LogP) is 2.03. The van der Waals surface area contributed by atoms with Crippen LogP contribution in [0.25, 0.3) is 0 Å². The highest BCUT2D eigenvalue weighted by Crippen LogP contribution is 2.30. The van der Waals surface area contributed by atoms with Crippen LogP contribution in [0.4, 0.5) is 5.69 Å². The first kappa shape index (κ1) is 24.0. The lowest BCUT2D eigenvalue weighted by Crippen LogP contribution is -2.44. The van der Waals surface area contributed by atoms with Gasteiger partial charge in [-0.1, -0.05) is 5.16 Å². The fourth-order valence-corrected chi connectivity index (χ4v) is 5.60. The minimum Gasteiger partial charge on any atom is -0.493 e. The fraction of sp³-hybridized carbons (Fsp3) is 0.524. The number of nitrogens with one attached hydrogen (secondary N) is 1. The number of rotatable bonds is 7. The van der Waals surface area contributed by atoms with Crippen molar-refractivity contribution < 1.29 is 27.2 Å². The fourth-order valence-electron chi connectivity index (χ4n) is 3.84. The number of sulfonamides is 1. The minimum absolute atomic E-state index is 0.130. The van der Waals surface area contributed by atoms with Crippen LogP contribution in [0, 0.1) is 13.8 Å². The number of aromatic nitrogens is 1. The Kier molecular flexibility index (Phi) is 7.42. The second kappa shape index (κ2) is 9.88. The highest BCUT2D eigenvalue weighted by atomic mass is 32.2. The summed E-state index contributed by atoms with van der Waals surface area (Å²) in [5, 5.41) is 6.66. The van der Waals surface area contributed by atoms with Crippen LogP contribution in [0.2, 0.25) is 0 Å². The smallest absolute Gasteiger partial charge is 0.248 e. The van der Waals surface area contributed by atoms with E-state index in [0.29, 0.717) is 48.9 Å². The molecule has 176 valence electrons. The molecule has 3 rings (SSSR count). The Morgan fingerprint density at radius 1 is 1.12 bits per heavy atom. The molecule has 0 aliphatic carbocycles. The maximum atomic E-state index is 13.1. The van der Waals surface area contributed by atoms with Crippen LogP contribution in [-0.4, -0.2) is 75.1 Å². The molecule has 1 atom stereocenters. The van der Waals surface area contributed by atoms with Gasteiger partial charge in [-0.25, -0.2) is 8.42 Å². The van der Waals surface area contributed by atoms with E-state index in [9.17, 15) is 13.2 Å². The summed E-state index contributed by atoms with van der Waals surface area (Å²) in [6.07, 6.45) is 0.608. The van der Waals surface area contributed by atoms with Crippen LogP contribution in [-0.2, 0) is 14.8 Å². The second-order valence-corrected chi connectivity index (χ2v) is 9.56. The Morgan fingerprint density at radius 3 is 2.47 bits per heavy atom. The van der Waals surface area contributed by atoms with Gasteiger partial charge in [-0.05, 0) is 39.3 Å². The first-order chi connectivity index (χ1) is 15.2. The third-order valence-electron chi connectivity index (χ3n) is 5.63. The van der Waals surface area contributed by atoms with Crippen molar-refractivity contribution in [1.29, 1.82) is 0 Å². The van der Waals surface area contributed by atoms with Crippen molar-refractivity contribution in [2.45, 2.75) is 38.1 Å². The molecule has 2 aromatic rings. The summed E-state index contributed by atoms with van der Waals surface area (Å²) >= 11 is 0. The van der Waals surface area contributed by atoms with Crippen LogP contribution in [0.3, 0.4) is 0 Å². The van der Waals surface area contributed by atoms with Crippen molar-refractivity contribution in [3.8, 4) is 11.5 Å². The molecule has 0 bridgehead atoms. The topological polar surface area (TPSA) is 114 Å². The molecule has 0 radical (unpaired) electrons. The lowest BCUT2D eigenvalue weighted by atomic mass is 10.2. The average molecular weight is 467 g/mol. The molecule has 1 aliphatic heterocycles. The van der Waals surface area contributed by atoms with Gasteiger partial charge in [0.1, 0.15) is 10.6 Å². The van der Waals surface area contributed by atoms with E-state index < -0.39 is 16.1 Å². The van der Waals surface area contributed by atoms with Crippen LogP contribution in [0.5, 0.6) is 11.5 Å². The van der Waals surface area contributed by atoms with Gasteiger partial charge in [0, 0.05) is 37.9 Å². The van der Waals surface area contributed by atoms with Gasteiger partial charge >= 0.3 is 0 Å². The van der Waals surface area contributed by atoms with E-state index in [1.807, 2.05) is 11.8 Å². The first-order valence-electron chi connectivity index (χ1n) is 10.4. The van der Waals surface area contributed by atoms with Gasteiger partial charge in [-0.15, -0.1) is 0 Å². The van der Waals surface area contributed by atoms with Gasteiger partial charge in [0.2, 0.25) is 15.9 Å². The highest BCUT2D eigenvalue weighted by molar-refractivity contribution is 7.89. The number of amides is 1. The zero-order chi connectivity index (χ0) is 23.5. The van der Waals surface area contributed by atoms with Crippen molar-refractivity contribution in [2.24, 2.45) is 0 Å². The number of hydrogen-bond donors (Lipinski definition) is 1. The first-order valence-corrected chi connectivity index (χ1v) is 11.8. The number of nitrogens with zero attached hydrogens (tertiary/aromatic N) is 3. The van der Waals surface area contributed by atoms with E-state index >= 15 is 0 Å². The van der Waals surface area contributed by atoms with Gasteiger partial charge in [-0.2, -0.15) is 4.31 Å². The molecule has 1 N–H and O–H groups in total. The number of aryl methyl sites for hydroxylation is 2. The number of carbonyl (C=O) groups is 1. The Labute approximate surface area is 188 Å². The third kappa shape index (κ3) is 4.89. The summed E-state index contributed by atoms with van der Waals surface area (Å²) in [7, 11) is -0.630. The number of hydrogen-bond acceptors (Lipinski definition) is 8. The van der Waals surface area contributed by atoms with E-state index in [-0.39, 0.29) is 23.1 Å². The van der Waals surface area contributed by atoms with Crippen LogP contribution in [0.1, 0.15) is 24.8 Å². The number of carbonyl (C=O) groups excluding carboxylic acids is 1. The molecule has 2 heterocycles. The Balaban J connectivity index is 1.66. The molecule has 1 fully saturated rings. The minimum atomic E-state index is -3.71. The summed E-state index contributed by atoms with van der Waals surface area (Å²) in [6.45, 7) is 6.71. The summed E-state index contributed by atoms with van der Waals surface area (Å²) in [6, 6.07) is 4.73. The van der Waals surface area contributed by atoms with Gasteiger partial charge in [0.05, 0.1) is 20.3 Å². The standard InChI is InChI=1S/C21H30N4O6S/c1-14-20(16(3)31-23-14)32(27,28)25-10-6-9-24(11-12-25)15(2)21(26)22-17-7-8-18(29-4)19(13-17)30-5/h7-8,13,15H,6,9-12H2,1-5H3,(H,22,26)/t15-/m0/s1. The molecule has 0 spiro atoms. The van der Waals surface area contributed by atoms with Gasteiger partial charge in [0.25, 0.3) is 0 Å². The van der Waals surface area contributed by atoms with E-state index in [2.05, 4.69) is 10.5 Å². The maximum absolute atomic E-state index is 13.1. The van der Waals surface area contributed by atoms with Crippen LogP contribution >= 0.6 is 0 Å². The zero-order valence-corrected chi connectivity index (χ0v) is 19.9. The average Bonchev–Trinajstić information content (AvgIpc) is 2.96. The molecular weight excluding hydrogens is 436 g/mol. The number of benzene rings is 1. The molecule has 0 saturated carbocycles. The molecule has 11 heteroatoms. The van der Waals surface area contributed by atoms with E-state index in [0.717, 1.165) is 0 Å². The van der Waals surface area contributed by atoms with E-state index in [1.165, 1.54) is 11.4 Å². The highest BCUT2D eigenvalue weighted by Gasteiger charge is 2.33. The van der Waals surface area contributed by atoms with Crippen LogP contribution < -0.4 is 14.8 Å². The third-order valence-corrected chi connectivity index (χ3v) is 7.78. The molecule has 0 unspecified atom stereocenters. The molecular formula is C21H30N4O6S. The Bertz CT molecular complexity index is 1050. The molecule has 1 aromatic heterocycles. The summed E-state index contributed by atoms with van der Waals surface area (Å²) < 4.78 is 43.2. The largest absolute Gasteiger partial charge is 0.493 e. The lowest BCUT2D eigenvalue weighted by molar-refractivity contribution is -0.120. The molecule has 10 nitrogen and oxygen atoms in total. The van der Waals surface area contributed by atoms with E-state index in [4.69, 9.17) is 14.0 Å². The maximum Gasteiger partial charge on any atom is 0.248 e. The number of anilines is 1. The van der Waals surface area contributed by atoms with Crippen molar-refractivity contribution in [1.82, 2.24) is 14.4 Å². The monoisotopic (exact) mass is 466 g/mol. The molecule has 32 heavy (non-hydrogen) atoms. The number of ether oxygens (including phenoxy) is 2. The molecule has 1 aromatic carbocycles. The quantitative estimate of drug-likeness (QED) is 0.659. The van der Waals surface area contributed by atoms with Gasteiger partial charge in [0.15, 0.2) is 17.3 Å². The van der Waals surface area contributed by atoms with Crippen LogP contribution in [0.15, 0.2) is 27.6 Å². The molecule has 1 aliphatic rings. The van der Waals surface area contributed by atoms with Crippen molar-refractivity contribution in [3.05, 3.63) is 29.7 Å². The summed E-state index contributed by atoms with van der Waals surface area (Å²) in [4.78, 5) is 15.0. The van der Waals surface area contributed by atoms with Crippen molar-refractivity contribution in [2.75, 3.05) is 45.7 Å². The normalized spacial score (nSPS) is 16.9. The van der Waals surface area contributed by atoms with Gasteiger partial charge < -0.3 is 19.3 Å². The Hall–Kier alpha value is -2.63. The zero-order valence-electron chi connectivity index (χ0n) is 19.0. The second-order valence-electron chi connectivity index (χ2n) is 7.68. The molecule has 1 saturated heterocycles. The Morgan fingerprint density at radius 2 is 1.84 bits per heavy atom. The lowest BCUT2D eigenvalue weighted by Gasteiger charge is -2.27. The SMILES string of the molecule is COc1ccc(NC(=O)[C@H](C)N2CCCN(S(=O)(=O)c3c(C)noc3C)CC2)cc1OC. The summed E-state index contributed by atoms with van der Waals surface area (Å²) in [5.74, 6) is 1.20. The molecule has 1 amide bonds. The van der Waals surface area contributed by atoms with Gasteiger partial charge in [-0.3, -0.25) is 9.69 Å². The van der Waals surface area contributed by atoms with Crippen molar-refractivity contribution in [3.63, 3.8) is 0 Å². The van der Waals surface area contributed by atoms with E-state index in [1.54, 1.807) is 39.2 Å².